The number of nitrogens with one attached hydrogen (secondary N) is 1. The van der Waals surface area contributed by atoms with E-state index >= 15 is 0 Å². The summed E-state index contributed by atoms with van der Waals surface area (Å²) in [6.45, 7) is 2.51. The van der Waals surface area contributed by atoms with E-state index in [4.69, 9.17) is 9.15 Å². The lowest BCUT2D eigenvalue weighted by molar-refractivity contribution is 0.0929. The topological polar surface area (TPSA) is 63.8 Å². The molecule has 24 heavy (non-hydrogen) atoms. The number of amides is 1. The Kier molecular flexibility index (Phi) is 5.14. The summed E-state index contributed by atoms with van der Waals surface area (Å²) in [5.41, 5.74) is 4.00. The quantitative estimate of drug-likeness (QED) is 0.372. The zero-order valence-electron chi connectivity index (χ0n) is 13.0. The van der Waals surface area contributed by atoms with Gasteiger partial charge in [-0.05, 0) is 71.5 Å². The van der Waals surface area contributed by atoms with Gasteiger partial charge in [0, 0.05) is 8.96 Å². The highest BCUT2D eigenvalue weighted by atomic mass is 127. The molecule has 0 saturated heterocycles. The molecule has 1 N–H and O–H groups in total. The van der Waals surface area contributed by atoms with Gasteiger partial charge in [0.15, 0.2) is 5.76 Å². The average Bonchev–Trinajstić information content (AvgIpc) is 3.00. The number of carbonyl (C=O) groups is 1. The first-order valence-electron chi connectivity index (χ1n) is 7.41. The summed E-state index contributed by atoms with van der Waals surface area (Å²) < 4.78 is 12.1. The van der Waals surface area contributed by atoms with Crippen LogP contribution in [-0.4, -0.2) is 18.7 Å². The van der Waals surface area contributed by atoms with Gasteiger partial charge >= 0.3 is 5.91 Å². The minimum atomic E-state index is -0.397. The van der Waals surface area contributed by atoms with Gasteiger partial charge in [0.25, 0.3) is 0 Å². The van der Waals surface area contributed by atoms with Crippen molar-refractivity contribution in [3.8, 4) is 5.75 Å². The van der Waals surface area contributed by atoms with E-state index in [1.807, 2.05) is 43.3 Å². The maximum absolute atomic E-state index is 12.1. The molecule has 0 unspecified atom stereocenters. The Morgan fingerprint density at radius 2 is 2.04 bits per heavy atom. The molecular weight excluding hydrogens is 419 g/mol. The fraction of sp³-hybridized carbons (Fsp3) is 0.111. The van der Waals surface area contributed by atoms with Crippen LogP contribution in [0, 0.1) is 3.57 Å². The average molecular weight is 434 g/mol. The van der Waals surface area contributed by atoms with Gasteiger partial charge in [-0.3, -0.25) is 4.79 Å². The summed E-state index contributed by atoms with van der Waals surface area (Å²) in [5, 5.41) is 4.77. The molecule has 0 fully saturated rings. The summed E-state index contributed by atoms with van der Waals surface area (Å²) in [7, 11) is 0. The third-order valence-electron chi connectivity index (χ3n) is 3.27. The Hall–Kier alpha value is -2.35. The van der Waals surface area contributed by atoms with Crippen LogP contribution in [0.5, 0.6) is 5.75 Å². The third kappa shape index (κ3) is 3.94. The first kappa shape index (κ1) is 16.5. The fourth-order valence-corrected chi connectivity index (χ4v) is 2.52. The van der Waals surface area contributed by atoms with Crippen molar-refractivity contribution in [1.29, 1.82) is 0 Å². The minimum absolute atomic E-state index is 0.207. The van der Waals surface area contributed by atoms with Crippen molar-refractivity contribution in [1.82, 2.24) is 5.43 Å². The summed E-state index contributed by atoms with van der Waals surface area (Å²) in [4.78, 5) is 12.1. The molecule has 0 saturated carbocycles. The van der Waals surface area contributed by atoms with E-state index in [1.165, 1.54) is 0 Å². The van der Waals surface area contributed by atoms with Crippen LogP contribution in [0.4, 0.5) is 0 Å². The van der Waals surface area contributed by atoms with Gasteiger partial charge in [-0.1, -0.05) is 12.1 Å². The summed E-state index contributed by atoms with van der Waals surface area (Å²) >= 11 is 2.23. The minimum Gasteiger partial charge on any atom is -0.494 e. The number of halogens is 1. The lowest BCUT2D eigenvalue weighted by Crippen LogP contribution is -2.16. The molecule has 122 valence electrons. The second-order valence-electron chi connectivity index (χ2n) is 4.99. The molecule has 1 heterocycles. The maximum Gasteiger partial charge on any atom is 0.307 e. The molecule has 0 atom stereocenters. The largest absolute Gasteiger partial charge is 0.494 e. The number of furan rings is 1. The first-order valence-corrected chi connectivity index (χ1v) is 8.49. The predicted molar refractivity (Wildman–Crippen MR) is 102 cm³/mol. The van der Waals surface area contributed by atoms with Gasteiger partial charge in [-0.25, -0.2) is 5.43 Å². The van der Waals surface area contributed by atoms with E-state index in [2.05, 4.69) is 33.1 Å². The molecule has 0 bridgehead atoms. The van der Waals surface area contributed by atoms with Crippen LogP contribution in [0.2, 0.25) is 0 Å². The van der Waals surface area contributed by atoms with Gasteiger partial charge < -0.3 is 9.15 Å². The van der Waals surface area contributed by atoms with Gasteiger partial charge in [-0.2, -0.15) is 5.10 Å². The molecule has 3 aromatic rings. The van der Waals surface area contributed by atoms with E-state index in [1.54, 1.807) is 18.3 Å². The molecule has 5 nitrogen and oxygen atoms in total. The zero-order chi connectivity index (χ0) is 16.9. The number of fused-ring (bicyclic) bond motifs is 1. The Morgan fingerprint density at radius 1 is 1.25 bits per heavy atom. The van der Waals surface area contributed by atoms with Crippen LogP contribution < -0.4 is 10.2 Å². The number of hydrogen-bond donors (Lipinski definition) is 1. The number of benzene rings is 2. The molecule has 0 aliphatic rings. The highest BCUT2D eigenvalue weighted by molar-refractivity contribution is 14.1. The van der Waals surface area contributed by atoms with Gasteiger partial charge in [0.1, 0.15) is 11.3 Å². The van der Waals surface area contributed by atoms with E-state index in [0.29, 0.717) is 12.2 Å². The lowest BCUT2D eigenvalue weighted by Gasteiger charge is -2.00. The Balaban J connectivity index is 1.70. The van der Waals surface area contributed by atoms with Crippen molar-refractivity contribution >= 4 is 45.7 Å². The monoisotopic (exact) mass is 434 g/mol. The molecule has 0 aliphatic heterocycles. The molecule has 0 aliphatic carbocycles. The van der Waals surface area contributed by atoms with E-state index < -0.39 is 5.91 Å². The molecular formula is C18H15IN2O3. The molecule has 6 heteroatoms. The second-order valence-corrected chi connectivity index (χ2v) is 6.24. The predicted octanol–water partition coefficient (Wildman–Crippen LogP) is 4.20. The fourth-order valence-electron chi connectivity index (χ4n) is 2.16. The number of hydrazone groups is 1. The summed E-state index contributed by atoms with van der Waals surface area (Å²) in [6.07, 6.45) is 1.59. The van der Waals surface area contributed by atoms with Gasteiger partial charge in [0.05, 0.1) is 12.8 Å². The summed E-state index contributed by atoms with van der Waals surface area (Å²) in [6, 6.07) is 14.9. The van der Waals surface area contributed by atoms with Crippen molar-refractivity contribution in [3.63, 3.8) is 0 Å². The number of hydrogen-bond acceptors (Lipinski definition) is 4. The molecule has 1 aromatic heterocycles. The Bertz CT molecular complexity index is 885. The van der Waals surface area contributed by atoms with Crippen LogP contribution >= 0.6 is 22.6 Å². The normalized spacial score (nSPS) is 11.1. The van der Waals surface area contributed by atoms with Gasteiger partial charge in [0.2, 0.25) is 0 Å². The molecule has 0 spiro atoms. The molecule has 2 aromatic carbocycles. The summed E-state index contributed by atoms with van der Waals surface area (Å²) in [5.74, 6) is 0.554. The highest BCUT2D eigenvalue weighted by Gasteiger charge is 2.12. The number of rotatable bonds is 5. The zero-order valence-corrected chi connectivity index (χ0v) is 15.1. The van der Waals surface area contributed by atoms with Crippen LogP contribution in [-0.2, 0) is 0 Å². The Labute approximate surface area is 152 Å². The van der Waals surface area contributed by atoms with Crippen molar-refractivity contribution in [2.45, 2.75) is 6.92 Å². The maximum atomic E-state index is 12.1. The van der Waals surface area contributed by atoms with E-state index in [9.17, 15) is 4.79 Å². The van der Waals surface area contributed by atoms with Crippen molar-refractivity contribution < 1.29 is 13.9 Å². The Morgan fingerprint density at radius 3 is 2.79 bits per heavy atom. The highest BCUT2D eigenvalue weighted by Crippen LogP contribution is 2.24. The van der Waals surface area contributed by atoms with Crippen LogP contribution in [0.25, 0.3) is 11.0 Å². The number of nitrogens with zero attached hydrogens (tertiary/aromatic N) is 1. The van der Waals surface area contributed by atoms with Crippen molar-refractivity contribution in [3.05, 3.63) is 63.4 Å². The third-order valence-corrected chi connectivity index (χ3v) is 3.99. The van der Waals surface area contributed by atoms with Crippen molar-refractivity contribution in [2.24, 2.45) is 5.10 Å². The van der Waals surface area contributed by atoms with Crippen LogP contribution in [0.3, 0.4) is 0 Å². The van der Waals surface area contributed by atoms with E-state index in [-0.39, 0.29) is 5.76 Å². The van der Waals surface area contributed by atoms with Crippen molar-refractivity contribution in [2.75, 3.05) is 6.61 Å². The lowest BCUT2D eigenvalue weighted by atomic mass is 10.2. The molecule has 0 radical (unpaired) electrons. The second kappa shape index (κ2) is 7.48. The molecule has 1 amide bonds. The van der Waals surface area contributed by atoms with Gasteiger partial charge in [-0.15, -0.1) is 0 Å². The van der Waals surface area contributed by atoms with E-state index in [0.717, 1.165) is 20.3 Å². The van der Waals surface area contributed by atoms with Crippen LogP contribution in [0.15, 0.2) is 58.0 Å². The number of ether oxygens (including phenoxy) is 1. The smallest absolute Gasteiger partial charge is 0.307 e. The first-order chi connectivity index (χ1) is 11.7. The number of carbonyl (C=O) groups excluding carboxylic acids is 1. The SMILES string of the molecule is CCOc1ccc2oc(C(=O)N/N=C/c3ccc(I)cc3)cc2c1. The van der Waals surface area contributed by atoms with Crippen LogP contribution in [0.1, 0.15) is 23.0 Å². The molecule has 3 rings (SSSR count). The standard InChI is InChI=1S/C18H15IN2O3/c1-2-23-15-7-8-16-13(9-15)10-17(24-16)18(22)21-20-11-12-3-5-14(19)6-4-12/h3-11H,2H2,1H3,(H,21,22)/b20-11+.